The molecule has 2 aromatic carbocycles. The first-order chi connectivity index (χ1) is 14.9. The minimum atomic E-state index is -0.883. The molecule has 4 rings (SSSR count). The molecule has 0 aromatic heterocycles. The van der Waals surface area contributed by atoms with E-state index in [2.05, 4.69) is 5.32 Å². The number of halogens is 2. The van der Waals surface area contributed by atoms with Gasteiger partial charge in [-0.1, -0.05) is 12.1 Å². The van der Waals surface area contributed by atoms with Gasteiger partial charge in [0.1, 0.15) is 17.3 Å². The Bertz CT molecular complexity index is 1090. The molecule has 1 N–H and O–H groups in total. The lowest BCUT2D eigenvalue weighted by Crippen LogP contribution is -2.40. The molecule has 7 nitrogen and oxygen atoms in total. The number of hydrogen-bond acceptors (Lipinski definition) is 5. The van der Waals surface area contributed by atoms with E-state index >= 15 is 0 Å². The molecule has 2 heterocycles. The van der Waals surface area contributed by atoms with Crippen LogP contribution in [0.25, 0.3) is 5.57 Å². The number of hydrogen-bond donors (Lipinski definition) is 1. The molecule has 3 amide bonds. The van der Waals surface area contributed by atoms with Crippen molar-refractivity contribution in [1.82, 2.24) is 4.90 Å². The molecule has 0 atom stereocenters. The molecule has 2 aromatic rings. The maximum Gasteiger partial charge on any atom is 0.282 e. The fraction of sp³-hybridized carbons (Fsp3) is 0.227. The predicted octanol–water partition coefficient (Wildman–Crippen LogP) is 2.54. The van der Waals surface area contributed by atoms with Crippen molar-refractivity contribution in [3.63, 3.8) is 0 Å². The molecule has 0 radical (unpaired) electrons. The number of carbonyl (C=O) groups excluding carboxylic acids is 3. The normalized spacial score (nSPS) is 16.9. The van der Waals surface area contributed by atoms with E-state index in [1.807, 2.05) is 0 Å². The lowest BCUT2D eigenvalue weighted by atomic mass is 10.0. The highest BCUT2D eigenvalue weighted by Crippen LogP contribution is 2.36. The molecule has 2 aliphatic rings. The molecule has 2 aliphatic heterocycles. The van der Waals surface area contributed by atoms with E-state index in [9.17, 15) is 23.2 Å². The second kappa shape index (κ2) is 8.27. The lowest BCUT2D eigenvalue weighted by Gasteiger charge is -2.29. The van der Waals surface area contributed by atoms with Crippen molar-refractivity contribution in [1.29, 1.82) is 0 Å². The van der Waals surface area contributed by atoms with Crippen molar-refractivity contribution in [2.75, 3.05) is 36.5 Å². The van der Waals surface area contributed by atoms with Crippen LogP contribution < -0.4 is 10.2 Å². The first kappa shape index (κ1) is 20.7. The SMILES string of the molecule is CC(=O)Nc1ccc(C2=C(N3CCOCC3)C(=O)N(c3cc(F)ccc3F)C2=O)cc1. The Hall–Kier alpha value is -3.59. The van der Waals surface area contributed by atoms with Crippen molar-refractivity contribution in [3.8, 4) is 0 Å². The number of rotatable bonds is 4. The summed E-state index contributed by atoms with van der Waals surface area (Å²) in [6.07, 6.45) is 0. The Morgan fingerprint density at radius 1 is 1.00 bits per heavy atom. The van der Waals surface area contributed by atoms with E-state index in [1.54, 1.807) is 29.2 Å². The van der Waals surface area contributed by atoms with Crippen LogP contribution in [-0.2, 0) is 19.1 Å². The number of benzene rings is 2. The lowest BCUT2D eigenvalue weighted by molar-refractivity contribution is -0.121. The van der Waals surface area contributed by atoms with Crippen LogP contribution in [0.1, 0.15) is 12.5 Å². The number of morpholine rings is 1. The summed E-state index contributed by atoms with van der Waals surface area (Å²) in [4.78, 5) is 40.3. The molecule has 0 bridgehead atoms. The molecule has 1 saturated heterocycles. The second-order valence-corrected chi connectivity index (χ2v) is 7.12. The molecule has 1 fully saturated rings. The van der Waals surface area contributed by atoms with Gasteiger partial charge in [-0.25, -0.2) is 13.7 Å². The van der Waals surface area contributed by atoms with Crippen LogP contribution in [0.5, 0.6) is 0 Å². The molecule has 160 valence electrons. The van der Waals surface area contributed by atoms with E-state index in [4.69, 9.17) is 4.74 Å². The highest BCUT2D eigenvalue weighted by atomic mass is 19.1. The van der Waals surface area contributed by atoms with Crippen molar-refractivity contribution < 1.29 is 27.9 Å². The Kier molecular flexibility index (Phi) is 5.51. The quantitative estimate of drug-likeness (QED) is 0.759. The first-order valence-corrected chi connectivity index (χ1v) is 9.65. The van der Waals surface area contributed by atoms with Crippen LogP contribution >= 0.6 is 0 Å². The molecular formula is C22H19F2N3O4. The van der Waals surface area contributed by atoms with Crippen LogP contribution in [0.15, 0.2) is 48.2 Å². The molecule has 0 saturated carbocycles. The van der Waals surface area contributed by atoms with Crippen LogP contribution in [0.3, 0.4) is 0 Å². The van der Waals surface area contributed by atoms with Gasteiger partial charge in [-0.05, 0) is 29.8 Å². The molecular weight excluding hydrogens is 408 g/mol. The fourth-order valence-corrected chi connectivity index (χ4v) is 3.66. The summed E-state index contributed by atoms with van der Waals surface area (Å²) in [7, 11) is 0. The van der Waals surface area contributed by atoms with Gasteiger partial charge in [-0.2, -0.15) is 0 Å². The third-order valence-corrected chi connectivity index (χ3v) is 5.03. The van der Waals surface area contributed by atoms with Crippen molar-refractivity contribution >= 4 is 34.7 Å². The van der Waals surface area contributed by atoms with Crippen LogP contribution in [0.2, 0.25) is 0 Å². The summed E-state index contributed by atoms with van der Waals surface area (Å²) in [6, 6.07) is 9.01. The Morgan fingerprint density at radius 2 is 1.68 bits per heavy atom. The first-order valence-electron chi connectivity index (χ1n) is 9.65. The van der Waals surface area contributed by atoms with E-state index in [0.29, 0.717) is 42.5 Å². The van der Waals surface area contributed by atoms with Gasteiger partial charge in [0, 0.05) is 31.8 Å². The van der Waals surface area contributed by atoms with E-state index in [-0.39, 0.29) is 17.2 Å². The number of imide groups is 1. The Balaban J connectivity index is 1.80. The highest BCUT2D eigenvalue weighted by Gasteiger charge is 2.43. The van der Waals surface area contributed by atoms with E-state index in [1.165, 1.54) is 6.92 Å². The smallest absolute Gasteiger partial charge is 0.282 e. The molecule has 0 spiro atoms. The maximum absolute atomic E-state index is 14.4. The van der Waals surface area contributed by atoms with Gasteiger partial charge in [0.05, 0.1) is 24.5 Å². The summed E-state index contributed by atoms with van der Waals surface area (Å²) in [5.74, 6) is -3.37. The predicted molar refractivity (Wildman–Crippen MR) is 109 cm³/mol. The van der Waals surface area contributed by atoms with E-state index < -0.39 is 29.1 Å². The third-order valence-electron chi connectivity index (χ3n) is 5.03. The molecule has 9 heteroatoms. The highest BCUT2D eigenvalue weighted by molar-refractivity contribution is 6.45. The summed E-state index contributed by atoms with van der Waals surface area (Å²) < 4.78 is 33.6. The molecule has 0 aliphatic carbocycles. The summed E-state index contributed by atoms with van der Waals surface area (Å²) in [5, 5.41) is 2.63. The number of anilines is 2. The zero-order chi connectivity index (χ0) is 22.1. The van der Waals surface area contributed by atoms with Gasteiger partial charge in [-0.3, -0.25) is 14.4 Å². The topological polar surface area (TPSA) is 79.0 Å². The van der Waals surface area contributed by atoms with E-state index in [0.717, 1.165) is 18.2 Å². The molecule has 0 unspecified atom stereocenters. The summed E-state index contributed by atoms with van der Waals surface area (Å²) >= 11 is 0. The van der Waals surface area contributed by atoms with Gasteiger partial charge >= 0.3 is 0 Å². The Morgan fingerprint density at radius 3 is 2.32 bits per heavy atom. The zero-order valence-electron chi connectivity index (χ0n) is 16.7. The minimum absolute atomic E-state index is 0.0879. The second-order valence-electron chi connectivity index (χ2n) is 7.12. The number of ether oxygens (including phenoxy) is 1. The van der Waals surface area contributed by atoms with Crippen LogP contribution in [0, 0.1) is 11.6 Å². The molecule has 31 heavy (non-hydrogen) atoms. The van der Waals surface area contributed by atoms with Gasteiger partial charge in [0.25, 0.3) is 11.8 Å². The average Bonchev–Trinajstić information content (AvgIpc) is 3.01. The van der Waals surface area contributed by atoms with Crippen molar-refractivity contribution in [2.24, 2.45) is 0 Å². The van der Waals surface area contributed by atoms with Crippen LogP contribution in [0.4, 0.5) is 20.2 Å². The number of amides is 3. The average molecular weight is 427 g/mol. The van der Waals surface area contributed by atoms with Gasteiger partial charge < -0.3 is 15.0 Å². The zero-order valence-corrected chi connectivity index (χ0v) is 16.7. The number of nitrogens with one attached hydrogen (secondary N) is 1. The monoisotopic (exact) mass is 427 g/mol. The Labute approximate surface area is 176 Å². The summed E-state index contributed by atoms with van der Waals surface area (Å²) in [6.45, 7) is 2.86. The van der Waals surface area contributed by atoms with Crippen molar-refractivity contribution in [3.05, 3.63) is 65.4 Å². The standard InChI is InChI=1S/C22H19F2N3O4/c1-13(28)25-16-5-2-14(3-6-16)19-20(26-8-10-31-11-9-26)22(30)27(21(19)29)18-12-15(23)4-7-17(18)24/h2-7,12H,8-11H2,1H3,(H,25,28). The minimum Gasteiger partial charge on any atom is -0.378 e. The van der Waals surface area contributed by atoms with Gasteiger partial charge in [-0.15, -0.1) is 0 Å². The van der Waals surface area contributed by atoms with Crippen LogP contribution in [-0.4, -0.2) is 48.9 Å². The maximum atomic E-state index is 14.4. The number of nitrogens with zero attached hydrogens (tertiary/aromatic N) is 2. The van der Waals surface area contributed by atoms with Gasteiger partial charge in [0.15, 0.2) is 0 Å². The third kappa shape index (κ3) is 3.91. The number of carbonyl (C=O) groups is 3. The summed E-state index contributed by atoms with van der Waals surface area (Å²) in [5.41, 5.74) is 0.711. The largest absolute Gasteiger partial charge is 0.378 e. The van der Waals surface area contributed by atoms with Gasteiger partial charge in [0.2, 0.25) is 5.91 Å². The van der Waals surface area contributed by atoms with Crippen molar-refractivity contribution in [2.45, 2.75) is 6.92 Å². The fourth-order valence-electron chi connectivity index (χ4n) is 3.66.